The second kappa shape index (κ2) is 11.0. The molecule has 2 aliphatic heterocycles. The highest BCUT2D eigenvalue weighted by molar-refractivity contribution is 6.39. The lowest BCUT2D eigenvalue weighted by Gasteiger charge is -2.54. The zero-order chi connectivity index (χ0) is 29.8. The fourth-order valence-electron chi connectivity index (χ4n) is 6.34. The molecule has 2 N–H and O–H groups in total. The molecular weight excluding hydrogens is 593 g/mol. The Bertz CT molecular complexity index is 1700. The first-order valence-electron chi connectivity index (χ1n) is 14.3. The van der Waals surface area contributed by atoms with Gasteiger partial charge in [0.25, 0.3) is 0 Å². The predicted molar refractivity (Wildman–Crippen MR) is 160 cm³/mol. The van der Waals surface area contributed by atoms with Gasteiger partial charge in [0, 0.05) is 59.2 Å². The van der Waals surface area contributed by atoms with Crippen LogP contribution in [0.1, 0.15) is 59.7 Å². The van der Waals surface area contributed by atoms with E-state index in [0.29, 0.717) is 50.6 Å². The molecule has 4 aromatic rings. The number of amides is 2. The van der Waals surface area contributed by atoms with Gasteiger partial charge in [-0.05, 0) is 62.4 Å². The maximum Gasteiger partial charge on any atom is 0.336 e. The summed E-state index contributed by atoms with van der Waals surface area (Å²) in [6.45, 7) is 0.329. The number of anilines is 1. The second-order valence-electron chi connectivity index (χ2n) is 11.5. The summed E-state index contributed by atoms with van der Waals surface area (Å²) in [5, 5.41) is 22.2. The molecule has 43 heavy (non-hydrogen) atoms. The van der Waals surface area contributed by atoms with E-state index in [1.807, 2.05) is 4.90 Å². The number of aromatic nitrogens is 3. The highest BCUT2D eigenvalue weighted by Crippen LogP contribution is 2.47. The van der Waals surface area contributed by atoms with Crippen LogP contribution in [0.15, 0.2) is 53.3 Å². The molecule has 4 fully saturated rings. The highest BCUT2D eigenvalue weighted by atomic mass is 35.5. The van der Waals surface area contributed by atoms with Crippen molar-refractivity contribution in [2.24, 2.45) is 7.05 Å². The van der Waals surface area contributed by atoms with Crippen molar-refractivity contribution in [2.45, 2.75) is 62.8 Å². The number of piperidine rings is 1. The zero-order valence-electron chi connectivity index (χ0n) is 23.3. The van der Waals surface area contributed by atoms with Crippen molar-refractivity contribution < 1.29 is 24.0 Å². The molecule has 222 valence electrons. The number of hydrogen-bond acceptors (Lipinski definition) is 6. The van der Waals surface area contributed by atoms with Crippen molar-refractivity contribution in [3.05, 3.63) is 75.7 Å². The summed E-state index contributed by atoms with van der Waals surface area (Å²) in [5.74, 6) is 0.133. The number of ether oxygens (including phenoxy) is 1. The van der Waals surface area contributed by atoms with Gasteiger partial charge in [-0.15, -0.1) is 0 Å². The Balaban J connectivity index is 1.02. The van der Waals surface area contributed by atoms with Crippen LogP contribution in [0.2, 0.25) is 10.0 Å². The lowest BCUT2D eigenvalue weighted by molar-refractivity contribution is -0.0837. The van der Waals surface area contributed by atoms with E-state index in [1.54, 1.807) is 54.5 Å². The first-order chi connectivity index (χ1) is 20.8. The maximum atomic E-state index is 13.3. The molecule has 12 heteroatoms. The van der Waals surface area contributed by atoms with Crippen LogP contribution < -0.4 is 5.32 Å². The first kappa shape index (κ1) is 27.9. The van der Waals surface area contributed by atoms with E-state index in [4.69, 9.17) is 32.5 Å². The monoisotopic (exact) mass is 621 g/mol. The van der Waals surface area contributed by atoms with E-state index in [1.165, 1.54) is 6.07 Å². The Hall–Kier alpha value is -3.86. The van der Waals surface area contributed by atoms with Gasteiger partial charge >= 0.3 is 12.0 Å². The normalized spacial score (nSPS) is 21.0. The molecule has 2 aromatic heterocycles. The van der Waals surface area contributed by atoms with E-state index in [-0.39, 0.29) is 29.8 Å². The summed E-state index contributed by atoms with van der Waals surface area (Å²) in [4.78, 5) is 27.0. The number of aromatic carboxylic acids is 1. The van der Waals surface area contributed by atoms with Crippen LogP contribution in [0.4, 0.5) is 10.5 Å². The molecule has 2 unspecified atom stereocenters. The van der Waals surface area contributed by atoms with Gasteiger partial charge in [-0.2, -0.15) is 5.10 Å². The third-order valence-electron chi connectivity index (χ3n) is 8.58. The van der Waals surface area contributed by atoms with Gasteiger partial charge in [0.15, 0.2) is 0 Å². The molecule has 2 saturated carbocycles. The van der Waals surface area contributed by atoms with Gasteiger partial charge in [0.05, 0.1) is 34.5 Å². The number of carboxylic acid groups (broad SMARTS) is 1. The highest BCUT2D eigenvalue weighted by Gasteiger charge is 2.48. The summed E-state index contributed by atoms with van der Waals surface area (Å²) in [7, 11) is 1.76. The summed E-state index contributed by atoms with van der Waals surface area (Å²) in [6.07, 6.45) is 7.80. The molecule has 0 spiro atoms. The first-order valence-corrected chi connectivity index (χ1v) is 15.0. The number of carboxylic acids is 1. The zero-order valence-corrected chi connectivity index (χ0v) is 24.8. The van der Waals surface area contributed by atoms with Crippen molar-refractivity contribution in [2.75, 3.05) is 5.32 Å². The van der Waals surface area contributed by atoms with Crippen molar-refractivity contribution in [1.29, 1.82) is 0 Å². The molecule has 2 amide bonds. The van der Waals surface area contributed by atoms with Gasteiger partial charge in [-0.3, -0.25) is 4.68 Å². The number of carbonyl (C=O) groups excluding carboxylic acids is 1. The quantitative estimate of drug-likeness (QED) is 0.217. The number of nitrogens with zero attached hydrogens (tertiary/aromatic N) is 4. The van der Waals surface area contributed by atoms with Gasteiger partial charge in [0.2, 0.25) is 0 Å². The smallest absolute Gasteiger partial charge is 0.336 e. The number of benzene rings is 2. The number of aryl methyl sites for hydroxylation is 1. The molecule has 10 nitrogen and oxygen atoms in total. The lowest BCUT2D eigenvalue weighted by atomic mass is 9.78. The number of fused-ring (bicyclic) bond motifs is 2. The Kier molecular flexibility index (Phi) is 7.15. The minimum atomic E-state index is -1.04. The van der Waals surface area contributed by atoms with Crippen molar-refractivity contribution in [3.8, 4) is 22.4 Å². The van der Waals surface area contributed by atoms with Crippen LogP contribution in [0.3, 0.4) is 0 Å². The fraction of sp³-hybridized carbons (Fsp3) is 0.355. The molecule has 2 aliphatic carbocycles. The Labute approximate surface area is 257 Å². The summed E-state index contributed by atoms with van der Waals surface area (Å²) < 4.78 is 13.8. The average molecular weight is 623 g/mol. The van der Waals surface area contributed by atoms with Crippen LogP contribution in [0.5, 0.6) is 0 Å². The summed E-state index contributed by atoms with van der Waals surface area (Å²) >= 11 is 13.0. The van der Waals surface area contributed by atoms with E-state index < -0.39 is 5.97 Å². The van der Waals surface area contributed by atoms with Crippen molar-refractivity contribution >= 4 is 40.9 Å². The molecule has 8 rings (SSSR count). The molecule has 4 aliphatic rings. The number of urea groups is 1. The predicted octanol–water partition coefficient (Wildman–Crippen LogP) is 6.98. The van der Waals surface area contributed by atoms with Gasteiger partial charge in [-0.1, -0.05) is 34.4 Å². The van der Waals surface area contributed by atoms with E-state index in [9.17, 15) is 14.7 Å². The minimum Gasteiger partial charge on any atom is -0.478 e. The molecule has 2 aromatic carbocycles. The molecule has 2 saturated heterocycles. The van der Waals surface area contributed by atoms with E-state index in [0.717, 1.165) is 43.4 Å². The van der Waals surface area contributed by atoms with E-state index in [2.05, 4.69) is 15.6 Å². The Morgan fingerprint density at radius 2 is 1.86 bits per heavy atom. The van der Waals surface area contributed by atoms with Gasteiger partial charge < -0.3 is 24.6 Å². The topological polar surface area (TPSA) is 123 Å². The largest absolute Gasteiger partial charge is 0.478 e. The third-order valence-corrected chi connectivity index (χ3v) is 9.21. The second-order valence-corrected chi connectivity index (χ2v) is 12.3. The standard InChI is InChI=1S/C31H29Cl2N5O5/c1-37-14-17(13-34-37)23-9-18(7-8-22(23)30(39)40)35-31(41)38-19-10-20(38)12-21(11-19)42-15-24-28(36-43-29(24)16-5-6-16)27-25(32)3-2-4-26(27)33/h2-4,7-9,13-14,16,19-21H,5-6,10-12,15H2,1H3,(H,35,41)(H,39,40). The summed E-state index contributed by atoms with van der Waals surface area (Å²) in [5.41, 5.74) is 3.99. The van der Waals surface area contributed by atoms with Crippen LogP contribution in [-0.2, 0) is 18.4 Å². The maximum absolute atomic E-state index is 13.3. The molecule has 4 heterocycles. The van der Waals surface area contributed by atoms with Gasteiger partial charge in [-0.25, -0.2) is 9.59 Å². The molecular formula is C31H29Cl2N5O5. The van der Waals surface area contributed by atoms with Gasteiger partial charge in [0.1, 0.15) is 11.5 Å². The molecule has 0 radical (unpaired) electrons. The van der Waals surface area contributed by atoms with Crippen LogP contribution in [0, 0.1) is 0 Å². The minimum absolute atomic E-state index is 0.0173. The Morgan fingerprint density at radius 3 is 2.51 bits per heavy atom. The van der Waals surface area contributed by atoms with Crippen LogP contribution in [0.25, 0.3) is 22.4 Å². The number of carbonyl (C=O) groups is 2. The lowest BCUT2D eigenvalue weighted by Crippen LogP contribution is -2.65. The number of hydrogen-bond donors (Lipinski definition) is 2. The number of rotatable bonds is 8. The SMILES string of the molecule is Cn1cc(-c2cc(NC(=O)N3C4CC(OCc5c(-c6c(Cl)cccc6Cl)noc5C5CC5)CC3C4)ccc2C(=O)O)cn1. The number of halogens is 2. The Morgan fingerprint density at radius 1 is 1.12 bits per heavy atom. The third kappa shape index (κ3) is 5.28. The van der Waals surface area contributed by atoms with Crippen molar-refractivity contribution in [3.63, 3.8) is 0 Å². The molecule has 2 atom stereocenters. The number of nitrogens with one attached hydrogen (secondary N) is 1. The fourth-order valence-corrected chi connectivity index (χ4v) is 6.91. The van der Waals surface area contributed by atoms with Crippen molar-refractivity contribution in [1.82, 2.24) is 19.8 Å². The average Bonchev–Trinajstić information content (AvgIpc) is 3.59. The van der Waals surface area contributed by atoms with Crippen LogP contribution >= 0.6 is 23.2 Å². The molecule has 2 bridgehead atoms. The van der Waals surface area contributed by atoms with E-state index >= 15 is 0 Å². The summed E-state index contributed by atoms with van der Waals surface area (Å²) in [6, 6.07) is 10.1. The van der Waals surface area contributed by atoms with Crippen LogP contribution in [-0.4, -0.2) is 55.1 Å².